The van der Waals surface area contributed by atoms with E-state index in [-0.39, 0.29) is 29.0 Å². The van der Waals surface area contributed by atoms with Gasteiger partial charge in [0.25, 0.3) is 0 Å². The molecule has 0 bridgehead atoms. The minimum absolute atomic E-state index is 0.106. The fourth-order valence-corrected chi connectivity index (χ4v) is 6.04. The predicted molar refractivity (Wildman–Crippen MR) is 179 cm³/mol. The standard InChI is InChI=1S/C35H34BrF2N7O/c1-6-34(2,3)15-7-8-16-35(4,22-10-9-11-23(36)18-22)33-42-32(45(5)43-33)26-19-24(12-13-28(26)37)46-31-27(21-41-44-39)25-14-17-40-30(25)20-29(31)38/h1,9-14,17-20,40H,7-8,15-16,21H2,2-5H3. The summed E-state index contributed by atoms with van der Waals surface area (Å²) in [4.78, 5) is 10.7. The van der Waals surface area contributed by atoms with Crippen molar-refractivity contribution in [3.8, 4) is 35.2 Å². The topological polar surface area (TPSA) is 104 Å². The molecule has 0 saturated carbocycles. The van der Waals surface area contributed by atoms with Crippen LogP contribution in [0, 0.1) is 29.4 Å². The van der Waals surface area contributed by atoms with Gasteiger partial charge >= 0.3 is 0 Å². The molecule has 0 aliphatic carbocycles. The predicted octanol–water partition coefficient (Wildman–Crippen LogP) is 10.1. The van der Waals surface area contributed by atoms with Crippen molar-refractivity contribution in [1.29, 1.82) is 0 Å². The Bertz CT molecular complexity index is 1990. The van der Waals surface area contributed by atoms with E-state index in [0.717, 1.165) is 35.7 Å². The van der Waals surface area contributed by atoms with Crippen LogP contribution >= 0.6 is 15.9 Å². The van der Waals surface area contributed by atoms with E-state index in [1.807, 2.05) is 18.2 Å². The molecule has 5 aromatic rings. The molecule has 0 aliphatic heterocycles. The SMILES string of the molecule is C#CC(C)(C)CCCCC(C)(c1cccc(Br)c1)c1nc(-c2cc(Oc3c(F)cc4[nH]ccc4c3CN=[N+]=[N-])ccc2F)n(C)n1. The van der Waals surface area contributed by atoms with Crippen molar-refractivity contribution in [1.82, 2.24) is 19.7 Å². The molecule has 3 aromatic carbocycles. The number of rotatable bonds is 12. The number of ether oxygens (including phenoxy) is 1. The molecule has 8 nitrogen and oxygen atoms in total. The molecule has 1 N–H and O–H groups in total. The molecule has 5 rings (SSSR count). The van der Waals surface area contributed by atoms with Crippen molar-refractivity contribution >= 4 is 26.8 Å². The summed E-state index contributed by atoms with van der Waals surface area (Å²) in [6, 6.07) is 15.2. The van der Waals surface area contributed by atoms with E-state index in [1.54, 1.807) is 24.0 Å². The van der Waals surface area contributed by atoms with E-state index in [9.17, 15) is 0 Å². The molecular formula is C35H34BrF2N7O. The quantitative estimate of drug-likeness (QED) is 0.0464. The molecule has 236 valence electrons. The summed E-state index contributed by atoms with van der Waals surface area (Å²) in [6.45, 7) is 6.09. The molecule has 0 aliphatic rings. The van der Waals surface area contributed by atoms with Gasteiger partial charge in [-0.1, -0.05) is 46.0 Å². The number of terminal acetylenes is 1. The number of aryl methyl sites for hydroxylation is 1. The van der Waals surface area contributed by atoms with E-state index in [0.29, 0.717) is 28.1 Å². The molecular weight excluding hydrogens is 652 g/mol. The third-order valence-electron chi connectivity index (χ3n) is 8.39. The second-order valence-electron chi connectivity index (χ2n) is 12.2. The number of aromatic amines is 1. The number of azide groups is 1. The number of fused-ring (bicyclic) bond motifs is 1. The normalized spacial score (nSPS) is 12.8. The van der Waals surface area contributed by atoms with Crippen molar-refractivity contribution in [3.05, 3.63) is 104 Å². The number of nitrogens with one attached hydrogen (secondary N) is 1. The number of benzene rings is 3. The van der Waals surface area contributed by atoms with Crippen LogP contribution in [0.25, 0.3) is 32.7 Å². The molecule has 0 fully saturated rings. The van der Waals surface area contributed by atoms with Gasteiger partial charge in [0, 0.05) is 50.6 Å². The highest BCUT2D eigenvalue weighted by Crippen LogP contribution is 2.40. The maximum Gasteiger partial charge on any atom is 0.168 e. The summed E-state index contributed by atoms with van der Waals surface area (Å²) in [6.07, 6.45) is 10.8. The van der Waals surface area contributed by atoms with E-state index < -0.39 is 17.0 Å². The van der Waals surface area contributed by atoms with Crippen molar-refractivity contribution in [2.24, 2.45) is 17.6 Å². The van der Waals surface area contributed by atoms with Gasteiger partial charge < -0.3 is 9.72 Å². The van der Waals surface area contributed by atoms with Gasteiger partial charge in [-0.2, -0.15) is 5.10 Å². The molecule has 11 heteroatoms. The first-order valence-corrected chi connectivity index (χ1v) is 15.7. The second kappa shape index (κ2) is 13.4. The summed E-state index contributed by atoms with van der Waals surface area (Å²) < 4.78 is 39.2. The number of unbranched alkanes of at least 4 members (excludes halogenated alkanes) is 1. The largest absolute Gasteiger partial charge is 0.454 e. The minimum atomic E-state index is -0.652. The molecule has 2 aromatic heterocycles. The Morgan fingerprint density at radius 3 is 2.61 bits per heavy atom. The van der Waals surface area contributed by atoms with Crippen LogP contribution in [-0.4, -0.2) is 19.7 Å². The van der Waals surface area contributed by atoms with Crippen LogP contribution in [-0.2, 0) is 19.0 Å². The number of H-pyrrole nitrogens is 1. The highest BCUT2D eigenvalue weighted by Gasteiger charge is 2.34. The van der Waals surface area contributed by atoms with Gasteiger partial charge in [-0.3, -0.25) is 0 Å². The zero-order valence-corrected chi connectivity index (χ0v) is 27.7. The van der Waals surface area contributed by atoms with Crippen LogP contribution in [0.15, 0.2) is 70.4 Å². The molecule has 2 heterocycles. The number of nitrogens with zero attached hydrogens (tertiary/aromatic N) is 6. The van der Waals surface area contributed by atoms with E-state index in [1.165, 1.54) is 24.3 Å². The molecule has 1 unspecified atom stereocenters. The Hall–Kier alpha value is -4.65. The fraction of sp³-hybridized carbons (Fsp3) is 0.314. The van der Waals surface area contributed by atoms with Crippen LogP contribution in [0.3, 0.4) is 0 Å². The smallest absolute Gasteiger partial charge is 0.168 e. The van der Waals surface area contributed by atoms with E-state index in [2.05, 4.69) is 63.7 Å². The van der Waals surface area contributed by atoms with E-state index in [4.69, 9.17) is 26.8 Å². The van der Waals surface area contributed by atoms with Crippen molar-refractivity contribution in [3.63, 3.8) is 0 Å². The monoisotopic (exact) mass is 685 g/mol. The van der Waals surface area contributed by atoms with Crippen molar-refractivity contribution in [2.45, 2.75) is 58.4 Å². The summed E-state index contributed by atoms with van der Waals surface area (Å²) in [7, 11) is 1.72. The lowest BCUT2D eigenvalue weighted by Crippen LogP contribution is -2.26. The van der Waals surface area contributed by atoms with Crippen molar-refractivity contribution in [2.75, 3.05) is 0 Å². The average Bonchev–Trinajstić information content (AvgIpc) is 3.66. The Labute approximate surface area is 275 Å². The van der Waals surface area contributed by atoms with Gasteiger partial charge in [-0.25, -0.2) is 18.4 Å². The Morgan fingerprint density at radius 1 is 1.09 bits per heavy atom. The number of hydrogen-bond donors (Lipinski definition) is 1. The summed E-state index contributed by atoms with van der Waals surface area (Å²) in [5, 5.41) is 9.08. The van der Waals surface area contributed by atoms with Crippen LogP contribution in [0.2, 0.25) is 0 Å². The number of hydrogen-bond acceptors (Lipinski definition) is 4. The lowest BCUT2D eigenvalue weighted by atomic mass is 9.76. The van der Waals surface area contributed by atoms with Gasteiger partial charge in [-0.15, -0.1) is 12.3 Å². The Balaban J connectivity index is 1.51. The first kappa shape index (κ1) is 32.7. The Kier molecular flexibility index (Phi) is 9.52. The molecule has 46 heavy (non-hydrogen) atoms. The molecule has 0 spiro atoms. The lowest BCUT2D eigenvalue weighted by molar-refractivity contribution is 0.396. The molecule has 1 atom stereocenters. The second-order valence-corrected chi connectivity index (χ2v) is 13.1. The summed E-state index contributed by atoms with van der Waals surface area (Å²) in [5.41, 5.74) is 10.2. The first-order chi connectivity index (χ1) is 22.0. The zero-order chi connectivity index (χ0) is 33.1. The zero-order valence-electron chi connectivity index (χ0n) is 26.1. The highest BCUT2D eigenvalue weighted by atomic mass is 79.9. The maximum atomic E-state index is 15.4. The van der Waals surface area contributed by atoms with Crippen molar-refractivity contribution < 1.29 is 13.5 Å². The molecule has 0 amide bonds. The lowest BCUT2D eigenvalue weighted by Gasteiger charge is -2.28. The van der Waals surface area contributed by atoms with Gasteiger partial charge in [0.15, 0.2) is 23.2 Å². The Morgan fingerprint density at radius 2 is 1.87 bits per heavy atom. The fourth-order valence-electron chi connectivity index (χ4n) is 5.64. The van der Waals surface area contributed by atoms with Crippen LogP contribution < -0.4 is 4.74 Å². The summed E-state index contributed by atoms with van der Waals surface area (Å²) >= 11 is 3.60. The highest BCUT2D eigenvalue weighted by molar-refractivity contribution is 9.10. The molecule has 0 saturated heterocycles. The van der Waals surface area contributed by atoms with Gasteiger partial charge in [-0.05, 0) is 81.1 Å². The number of halogens is 3. The van der Waals surface area contributed by atoms with Gasteiger partial charge in [0.1, 0.15) is 11.6 Å². The van der Waals surface area contributed by atoms with Crippen LogP contribution in [0.1, 0.15) is 63.4 Å². The maximum absolute atomic E-state index is 15.4. The van der Waals surface area contributed by atoms with Gasteiger partial charge in [0.2, 0.25) is 0 Å². The van der Waals surface area contributed by atoms with Crippen LogP contribution in [0.4, 0.5) is 8.78 Å². The summed E-state index contributed by atoms with van der Waals surface area (Å²) in [5.74, 6) is 2.59. The minimum Gasteiger partial charge on any atom is -0.454 e. The first-order valence-electron chi connectivity index (χ1n) is 14.9. The van der Waals surface area contributed by atoms with Crippen LogP contribution in [0.5, 0.6) is 11.5 Å². The van der Waals surface area contributed by atoms with E-state index >= 15 is 8.78 Å². The molecule has 0 radical (unpaired) electrons. The van der Waals surface area contributed by atoms with Gasteiger partial charge in [0.05, 0.1) is 17.5 Å². The number of aromatic nitrogens is 4. The average molecular weight is 687 g/mol. The third kappa shape index (κ3) is 6.79. The third-order valence-corrected chi connectivity index (χ3v) is 8.89.